The molecule has 0 saturated heterocycles. The van der Waals surface area contributed by atoms with Crippen molar-refractivity contribution in [2.24, 2.45) is 11.8 Å². The van der Waals surface area contributed by atoms with Gasteiger partial charge in [0.1, 0.15) is 32.6 Å². The molecule has 0 unspecified atom stereocenters. The van der Waals surface area contributed by atoms with Crippen molar-refractivity contribution in [2.75, 3.05) is 10.6 Å². The first-order valence-electron chi connectivity index (χ1n) is 20.5. The van der Waals surface area contributed by atoms with Crippen molar-refractivity contribution < 1.29 is 56.4 Å². The van der Waals surface area contributed by atoms with Gasteiger partial charge in [0.05, 0.1) is 21.6 Å². The number of aromatic nitrogens is 6. The van der Waals surface area contributed by atoms with Crippen molar-refractivity contribution in [1.82, 2.24) is 29.9 Å². The summed E-state index contributed by atoms with van der Waals surface area (Å²) >= 11 is 2.63. The molecular weight excluding hydrogens is 915 g/mol. The van der Waals surface area contributed by atoms with E-state index < -0.39 is 58.7 Å². The van der Waals surface area contributed by atoms with Gasteiger partial charge in [-0.15, -0.1) is 22.7 Å². The van der Waals surface area contributed by atoms with Gasteiger partial charge < -0.3 is 31.1 Å². The van der Waals surface area contributed by atoms with Crippen molar-refractivity contribution in [2.45, 2.75) is 88.8 Å². The third-order valence-corrected chi connectivity index (χ3v) is 13.7. The molecule has 2 aliphatic carbocycles. The molecule has 348 valence electrons. The van der Waals surface area contributed by atoms with E-state index in [0.717, 1.165) is 56.5 Å². The van der Waals surface area contributed by atoms with Gasteiger partial charge in [-0.25, -0.2) is 29.9 Å². The highest BCUT2D eigenvalue weighted by atomic mass is 32.1. The molecule has 2 fully saturated rings. The van der Waals surface area contributed by atoms with Crippen molar-refractivity contribution in [3.8, 4) is 20.9 Å². The molecule has 22 heteroatoms. The average molecular weight is 957 g/mol. The SMILES string of the molecule is Cc1cc(Nc2nccc(C(F)(F)F)n2)cc(-c2cnc(C3(O)CCC(C(=O)O)CC3)s2)c1.Cc1cc(Nc2nccc(C(F)(F)F)n2)cc(-c2cnc(C3(O)CCC(C(=O)O)CC3)s2)c1. The second-order valence-corrected chi connectivity index (χ2v) is 18.4. The number of aliphatic hydroxyl groups is 2. The van der Waals surface area contributed by atoms with Crippen LogP contribution in [-0.2, 0) is 33.1 Å². The number of aryl methyl sites for hydroxylation is 2. The van der Waals surface area contributed by atoms with Crippen LogP contribution in [0.4, 0.5) is 49.6 Å². The molecule has 6 N–H and O–H groups in total. The number of rotatable bonds is 10. The summed E-state index contributed by atoms with van der Waals surface area (Å²) in [5.41, 5.74) is -0.101. The second-order valence-electron chi connectivity index (χ2n) is 16.3. The fourth-order valence-corrected chi connectivity index (χ4v) is 9.86. The van der Waals surface area contributed by atoms with Crippen LogP contribution in [0.25, 0.3) is 20.9 Å². The number of alkyl halides is 6. The van der Waals surface area contributed by atoms with Crippen LogP contribution in [0.5, 0.6) is 0 Å². The Morgan fingerprint density at radius 3 is 1.30 bits per heavy atom. The van der Waals surface area contributed by atoms with E-state index in [-0.39, 0.29) is 11.9 Å². The number of thiazole rings is 2. The van der Waals surface area contributed by atoms with Gasteiger partial charge in [0.2, 0.25) is 11.9 Å². The summed E-state index contributed by atoms with van der Waals surface area (Å²) in [6, 6.07) is 12.4. The molecule has 14 nitrogen and oxygen atoms in total. The van der Waals surface area contributed by atoms with Crippen LogP contribution < -0.4 is 10.6 Å². The summed E-state index contributed by atoms with van der Waals surface area (Å²) in [5.74, 6) is -2.93. The molecule has 2 aromatic carbocycles. The van der Waals surface area contributed by atoms with Crippen LogP contribution in [0.15, 0.2) is 73.3 Å². The Balaban J connectivity index is 0.000000196. The fourth-order valence-electron chi connectivity index (χ4n) is 7.76. The zero-order valence-electron chi connectivity index (χ0n) is 35.1. The van der Waals surface area contributed by atoms with Crippen LogP contribution in [0, 0.1) is 25.7 Å². The van der Waals surface area contributed by atoms with E-state index in [2.05, 4.69) is 40.5 Å². The highest BCUT2D eigenvalue weighted by molar-refractivity contribution is 7.15. The molecule has 2 saturated carbocycles. The van der Waals surface area contributed by atoms with E-state index in [1.165, 1.54) is 22.7 Å². The largest absolute Gasteiger partial charge is 0.481 e. The lowest BCUT2D eigenvalue weighted by molar-refractivity contribution is -0.146. The van der Waals surface area contributed by atoms with Gasteiger partial charge in [-0.3, -0.25) is 9.59 Å². The Kier molecular flexibility index (Phi) is 13.8. The van der Waals surface area contributed by atoms with Crippen LogP contribution >= 0.6 is 22.7 Å². The molecular formula is C44H42F6N8O6S2. The highest BCUT2D eigenvalue weighted by Gasteiger charge is 2.41. The summed E-state index contributed by atoms with van der Waals surface area (Å²) < 4.78 is 77.6. The van der Waals surface area contributed by atoms with Gasteiger partial charge in [0.25, 0.3) is 0 Å². The first-order chi connectivity index (χ1) is 31.1. The van der Waals surface area contributed by atoms with E-state index >= 15 is 0 Å². The molecule has 0 bridgehead atoms. The normalized spacial score (nSPS) is 21.1. The average Bonchev–Trinajstić information content (AvgIpc) is 3.97. The minimum Gasteiger partial charge on any atom is -0.481 e. The molecule has 4 heterocycles. The molecule has 0 radical (unpaired) electrons. The van der Waals surface area contributed by atoms with Crippen molar-refractivity contribution >= 4 is 57.9 Å². The molecule has 0 atom stereocenters. The van der Waals surface area contributed by atoms with Gasteiger partial charge in [0, 0.05) is 36.2 Å². The molecule has 66 heavy (non-hydrogen) atoms. The number of aliphatic carboxylic acids is 2. The summed E-state index contributed by atoms with van der Waals surface area (Å²) in [7, 11) is 0. The molecule has 2 aliphatic rings. The van der Waals surface area contributed by atoms with E-state index in [1.807, 2.05) is 26.0 Å². The van der Waals surface area contributed by atoms with E-state index in [1.54, 1.807) is 36.7 Å². The second kappa shape index (κ2) is 19.0. The Bertz CT molecular complexity index is 2530. The van der Waals surface area contributed by atoms with Gasteiger partial charge in [-0.05, 0) is 124 Å². The Morgan fingerprint density at radius 2 is 0.970 bits per heavy atom. The van der Waals surface area contributed by atoms with Gasteiger partial charge >= 0.3 is 24.3 Å². The minimum atomic E-state index is -4.57. The monoisotopic (exact) mass is 956 g/mol. The van der Waals surface area contributed by atoms with Gasteiger partial charge in [0.15, 0.2) is 0 Å². The fraction of sp³-hybridized carbons (Fsp3) is 0.364. The predicted octanol–water partition coefficient (Wildman–Crippen LogP) is 10.3. The Labute approximate surface area is 380 Å². The van der Waals surface area contributed by atoms with Crippen molar-refractivity contribution in [1.29, 1.82) is 0 Å². The summed E-state index contributed by atoms with van der Waals surface area (Å²) in [5, 5.41) is 47.1. The number of anilines is 4. The maximum Gasteiger partial charge on any atom is 0.433 e. The van der Waals surface area contributed by atoms with E-state index in [4.69, 9.17) is 0 Å². The van der Waals surface area contributed by atoms with Crippen molar-refractivity contribution in [3.63, 3.8) is 0 Å². The third-order valence-electron chi connectivity index (χ3n) is 11.3. The van der Waals surface area contributed by atoms with Crippen LogP contribution in [-0.4, -0.2) is 62.3 Å². The summed E-state index contributed by atoms with van der Waals surface area (Å²) in [4.78, 5) is 47.5. The Hall–Kier alpha value is -6.10. The first kappa shape index (κ1) is 47.9. The predicted molar refractivity (Wildman–Crippen MR) is 232 cm³/mol. The molecule has 8 rings (SSSR count). The van der Waals surface area contributed by atoms with Crippen LogP contribution in [0.3, 0.4) is 0 Å². The quantitative estimate of drug-likeness (QED) is 0.0705. The third kappa shape index (κ3) is 11.5. The number of hydrogen-bond donors (Lipinski definition) is 6. The van der Waals surface area contributed by atoms with Crippen molar-refractivity contribution in [3.05, 3.63) is 106 Å². The number of carbonyl (C=O) groups is 2. The lowest BCUT2D eigenvalue weighted by Gasteiger charge is -2.32. The number of halogens is 6. The summed E-state index contributed by atoms with van der Waals surface area (Å²) in [6.45, 7) is 3.70. The standard InChI is InChI=1S/2C22H21F3N4O3S/c2*1-12-8-14(10-15(9-12)28-20-26-7-4-17(29-20)22(23,24)25)16-11-27-19(33-16)21(32)5-2-13(3-6-21)18(30)31/h2*4,7-11,13,32H,2-3,5-6H2,1H3,(H,30,31)(H,26,28,29). The maximum atomic E-state index is 12.9. The van der Waals surface area contributed by atoms with Gasteiger partial charge in [-0.1, -0.05) is 12.1 Å². The number of carboxylic acids is 2. The topological polar surface area (TPSA) is 216 Å². The zero-order valence-corrected chi connectivity index (χ0v) is 36.7. The zero-order chi connectivity index (χ0) is 47.6. The molecule has 0 spiro atoms. The molecule has 0 aliphatic heterocycles. The maximum absolute atomic E-state index is 12.9. The number of benzene rings is 2. The van der Waals surface area contributed by atoms with Crippen LogP contribution in [0.2, 0.25) is 0 Å². The number of nitrogens with one attached hydrogen (secondary N) is 2. The van der Waals surface area contributed by atoms with Gasteiger partial charge in [-0.2, -0.15) is 26.3 Å². The Morgan fingerprint density at radius 1 is 0.606 bits per heavy atom. The van der Waals surface area contributed by atoms with E-state index in [0.29, 0.717) is 72.8 Å². The number of carboxylic acid groups (broad SMARTS) is 2. The number of hydrogen-bond acceptors (Lipinski definition) is 14. The molecule has 4 aromatic heterocycles. The van der Waals surface area contributed by atoms with E-state index in [9.17, 15) is 56.4 Å². The lowest BCUT2D eigenvalue weighted by atomic mass is 9.79. The number of nitrogens with zero attached hydrogens (tertiary/aromatic N) is 6. The minimum absolute atomic E-state index is 0.170. The lowest BCUT2D eigenvalue weighted by Crippen LogP contribution is -2.33. The smallest absolute Gasteiger partial charge is 0.433 e. The summed E-state index contributed by atoms with van der Waals surface area (Å²) in [6.07, 6.45) is -0.932. The molecule has 0 amide bonds. The van der Waals surface area contributed by atoms with Crippen LogP contribution in [0.1, 0.15) is 83.9 Å². The highest BCUT2D eigenvalue weighted by Crippen LogP contribution is 2.45. The molecule has 6 aromatic rings. The first-order valence-corrected chi connectivity index (χ1v) is 22.1.